The zero-order valence-electron chi connectivity index (χ0n) is 20.1. The van der Waals surface area contributed by atoms with E-state index in [4.69, 9.17) is 4.74 Å². The summed E-state index contributed by atoms with van der Waals surface area (Å²) in [5.74, 6) is 2.66. The summed E-state index contributed by atoms with van der Waals surface area (Å²) in [6.45, 7) is 11.6. The lowest BCUT2D eigenvalue weighted by Gasteiger charge is -2.27. The molecule has 0 unspecified atom stereocenters. The number of aromatic nitrogens is 3. The normalized spacial score (nSPS) is 13.3. The Morgan fingerprint density at radius 2 is 1.09 bits per heavy atom. The van der Waals surface area contributed by atoms with Gasteiger partial charge < -0.3 is 20.3 Å². The van der Waals surface area contributed by atoms with Gasteiger partial charge in [0.25, 0.3) is 0 Å². The van der Waals surface area contributed by atoms with Crippen molar-refractivity contribution in [3.8, 4) is 0 Å². The molecule has 1 aromatic heterocycles. The highest BCUT2D eigenvalue weighted by Crippen LogP contribution is 2.24. The molecule has 1 fully saturated rings. The van der Waals surface area contributed by atoms with Gasteiger partial charge in [-0.3, -0.25) is 0 Å². The molecule has 0 aliphatic carbocycles. The Labute approximate surface area is 214 Å². The topological polar surface area (TPSA) is 75.2 Å². The van der Waals surface area contributed by atoms with Crippen molar-refractivity contribution in [2.75, 3.05) is 41.8 Å². The summed E-state index contributed by atoms with van der Waals surface area (Å²) in [6.07, 6.45) is 0. The van der Waals surface area contributed by atoms with Crippen LogP contribution < -0.4 is 15.5 Å². The van der Waals surface area contributed by atoms with Gasteiger partial charge in [-0.1, -0.05) is 52.0 Å². The quantitative estimate of drug-likeness (QED) is 0.391. The van der Waals surface area contributed by atoms with Gasteiger partial charge in [0.1, 0.15) is 0 Å². The molecule has 9 heteroatoms. The maximum Gasteiger partial charge on any atom is 0.233 e. The van der Waals surface area contributed by atoms with Gasteiger partial charge >= 0.3 is 0 Å². The molecule has 0 spiro atoms. The minimum absolute atomic E-state index is 0. The van der Waals surface area contributed by atoms with Crippen molar-refractivity contribution in [2.24, 2.45) is 0 Å². The lowest BCUT2D eigenvalue weighted by Crippen LogP contribution is -2.37. The predicted molar refractivity (Wildman–Crippen MR) is 145 cm³/mol. The highest BCUT2D eigenvalue weighted by atomic mass is 35.5. The van der Waals surface area contributed by atoms with E-state index in [1.807, 2.05) is 0 Å². The molecule has 0 bridgehead atoms. The summed E-state index contributed by atoms with van der Waals surface area (Å²) in [5.41, 5.74) is 4.49. The lowest BCUT2D eigenvalue weighted by molar-refractivity contribution is 0.122. The number of benzene rings is 2. The molecule has 0 saturated carbocycles. The van der Waals surface area contributed by atoms with Crippen LogP contribution in [0.25, 0.3) is 0 Å². The van der Waals surface area contributed by atoms with Crippen LogP contribution >= 0.6 is 24.8 Å². The summed E-state index contributed by atoms with van der Waals surface area (Å²) in [7, 11) is 0. The SMILES string of the molecule is CC(C)c1ccc(Nc2nc(Nc3ccc(C(C)C)cc3)nc(N3CCOCC3)n2)cc1.Cl.Cl. The van der Waals surface area contributed by atoms with Gasteiger partial charge in [-0.2, -0.15) is 15.0 Å². The number of nitrogens with one attached hydrogen (secondary N) is 2. The van der Waals surface area contributed by atoms with Gasteiger partial charge in [0.05, 0.1) is 13.2 Å². The fourth-order valence-corrected chi connectivity index (χ4v) is 3.54. The Hall–Kier alpha value is -2.61. The highest BCUT2D eigenvalue weighted by molar-refractivity contribution is 5.85. The van der Waals surface area contributed by atoms with Crippen molar-refractivity contribution in [3.63, 3.8) is 0 Å². The molecule has 4 rings (SSSR count). The molecule has 1 saturated heterocycles. The Kier molecular flexibility index (Phi) is 10.4. The molecule has 1 aliphatic rings. The Balaban J connectivity index is 0.00000204. The van der Waals surface area contributed by atoms with E-state index in [9.17, 15) is 0 Å². The first-order valence-corrected chi connectivity index (χ1v) is 11.3. The second-order valence-corrected chi connectivity index (χ2v) is 8.69. The van der Waals surface area contributed by atoms with Gasteiger partial charge in [0, 0.05) is 24.5 Å². The number of hydrogen-bond donors (Lipinski definition) is 2. The van der Waals surface area contributed by atoms with E-state index in [0.29, 0.717) is 42.9 Å². The molecule has 3 aromatic rings. The number of rotatable bonds is 7. The molecule has 184 valence electrons. The third-order valence-electron chi connectivity index (χ3n) is 5.58. The zero-order valence-corrected chi connectivity index (χ0v) is 21.7. The number of halogens is 2. The molecule has 0 radical (unpaired) electrons. The van der Waals surface area contributed by atoms with E-state index in [0.717, 1.165) is 24.5 Å². The number of hydrogen-bond acceptors (Lipinski definition) is 7. The average Bonchev–Trinajstić information content (AvgIpc) is 2.80. The van der Waals surface area contributed by atoms with Crippen LogP contribution in [0.4, 0.5) is 29.2 Å². The van der Waals surface area contributed by atoms with Crippen LogP contribution in [0.5, 0.6) is 0 Å². The van der Waals surface area contributed by atoms with Crippen molar-refractivity contribution < 1.29 is 4.74 Å². The highest BCUT2D eigenvalue weighted by Gasteiger charge is 2.17. The summed E-state index contributed by atoms with van der Waals surface area (Å²) < 4.78 is 5.49. The Bertz CT molecular complexity index is 951. The summed E-state index contributed by atoms with van der Waals surface area (Å²) in [6, 6.07) is 16.8. The van der Waals surface area contributed by atoms with Gasteiger partial charge in [-0.25, -0.2) is 0 Å². The van der Waals surface area contributed by atoms with Crippen LogP contribution in [-0.4, -0.2) is 41.3 Å². The van der Waals surface area contributed by atoms with Gasteiger partial charge in [0.15, 0.2) is 0 Å². The standard InChI is InChI=1S/C25H32N6O.2ClH/c1-17(2)19-5-9-21(10-6-19)26-23-28-24(27-22-11-7-20(8-12-22)18(3)4)30-25(29-23)31-13-15-32-16-14-31;;/h5-12,17-18H,13-16H2,1-4H3,(H2,26,27,28,29,30);2*1H. The number of ether oxygens (including phenoxy) is 1. The van der Waals surface area contributed by atoms with Crippen LogP contribution in [0.2, 0.25) is 0 Å². The van der Waals surface area contributed by atoms with Crippen LogP contribution in [0.15, 0.2) is 48.5 Å². The zero-order chi connectivity index (χ0) is 22.5. The maximum absolute atomic E-state index is 5.49. The number of nitrogens with zero attached hydrogens (tertiary/aromatic N) is 4. The molecule has 0 atom stereocenters. The van der Waals surface area contributed by atoms with E-state index in [-0.39, 0.29) is 24.8 Å². The van der Waals surface area contributed by atoms with Gasteiger partial charge in [-0.05, 0) is 47.2 Å². The van der Waals surface area contributed by atoms with Crippen LogP contribution in [0.1, 0.15) is 50.7 Å². The summed E-state index contributed by atoms with van der Waals surface area (Å²) >= 11 is 0. The monoisotopic (exact) mass is 504 g/mol. The van der Waals surface area contributed by atoms with Crippen LogP contribution in [-0.2, 0) is 4.74 Å². The predicted octanol–water partition coefficient (Wildman–Crippen LogP) is 6.29. The molecule has 1 aliphatic heterocycles. The minimum atomic E-state index is 0. The molecule has 0 amide bonds. The first kappa shape index (κ1) is 27.6. The van der Waals surface area contributed by atoms with Crippen molar-refractivity contribution in [1.82, 2.24) is 15.0 Å². The second-order valence-electron chi connectivity index (χ2n) is 8.69. The Morgan fingerprint density at radius 3 is 1.47 bits per heavy atom. The van der Waals surface area contributed by atoms with Gasteiger partial charge in [-0.15, -0.1) is 24.8 Å². The van der Waals surface area contributed by atoms with E-state index in [1.54, 1.807) is 0 Å². The average molecular weight is 505 g/mol. The third-order valence-corrected chi connectivity index (χ3v) is 5.58. The first-order valence-electron chi connectivity index (χ1n) is 11.3. The molecule has 7 nitrogen and oxygen atoms in total. The fourth-order valence-electron chi connectivity index (χ4n) is 3.54. The molecule has 2 aromatic carbocycles. The number of morpholine rings is 1. The maximum atomic E-state index is 5.49. The largest absolute Gasteiger partial charge is 0.378 e. The van der Waals surface area contributed by atoms with E-state index < -0.39 is 0 Å². The van der Waals surface area contributed by atoms with Crippen molar-refractivity contribution in [1.29, 1.82) is 0 Å². The van der Waals surface area contributed by atoms with E-state index in [2.05, 4.69) is 107 Å². The van der Waals surface area contributed by atoms with Crippen LogP contribution in [0.3, 0.4) is 0 Å². The number of anilines is 5. The second kappa shape index (κ2) is 12.7. The fraction of sp³-hybridized carbons (Fsp3) is 0.400. The smallest absolute Gasteiger partial charge is 0.233 e. The molecule has 34 heavy (non-hydrogen) atoms. The van der Waals surface area contributed by atoms with Crippen molar-refractivity contribution in [3.05, 3.63) is 59.7 Å². The Morgan fingerprint density at radius 1 is 0.676 bits per heavy atom. The van der Waals surface area contributed by atoms with E-state index in [1.165, 1.54) is 11.1 Å². The molecule has 2 heterocycles. The van der Waals surface area contributed by atoms with Gasteiger partial charge in [0.2, 0.25) is 17.8 Å². The van der Waals surface area contributed by atoms with Crippen molar-refractivity contribution >= 4 is 54.0 Å². The molecular formula is C25H34Cl2N6O. The van der Waals surface area contributed by atoms with Crippen LogP contribution in [0, 0.1) is 0 Å². The molecule has 2 N–H and O–H groups in total. The summed E-state index contributed by atoms with van der Waals surface area (Å²) in [4.78, 5) is 16.1. The van der Waals surface area contributed by atoms with Crippen molar-refractivity contribution in [2.45, 2.75) is 39.5 Å². The minimum Gasteiger partial charge on any atom is -0.378 e. The van der Waals surface area contributed by atoms with E-state index >= 15 is 0 Å². The summed E-state index contributed by atoms with van der Waals surface area (Å²) in [5, 5.41) is 6.68. The molecular weight excluding hydrogens is 471 g/mol. The lowest BCUT2D eigenvalue weighted by atomic mass is 10.0. The first-order chi connectivity index (χ1) is 15.5. The third kappa shape index (κ3) is 7.19.